The average molecular weight is 252 g/mol. The third kappa shape index (κ3) is 2.33. The van der Waals surface area contributed by atoms with Crippen LogP contribution < -0.4 is 5.73 Å². The van der Waals surface area contributed by atoms with Gasteiger partial charge in [0.05, 0.1) is 0 Å². The fraction of sp³-hybridized carbons (Fsp3) is 0.333. The number of nitrogens with two attached hydrogens (primary N) is 1. The van der Waals surface area contributed by atoms with Gasteiger partial charge in [-0.05, 0) is 24.6 Å². The standard InChI is InChI=1S/C12H13FN2O3/c13-8-3-1-2-7(4-8)11(16)15-6-9(14)5-10(15)12(17)18/h1-4,9-10H,5-6,14H2,(H,17,18). The molecule has 1 aliphatic rings. The largest absolute Gasteiger partial charge is 0.480 e. The van der Waals surface area contributed by atoms with E-state index in [2.05, 4.69) is 0 Å². The smallest absolute Gasteiger partial charge is 0.326 e. The predicted octanol–water partition coefficient (Wildman–Crippen LogP) is 0.452. The maximum Gasteiger partial charge on any atom is 0.326 e. The second-order valence-electron chi connectivity index (χ2n) is 4.32. The Morgan fingerprint density at radius 1 is 1.44 bits per heavy atom. The Kier molecular flexibility index (Phi) is 3.29. The molecule has 1 heterocycles. The number of carbonyl (C=O) groups excluding carboxylic acids is 1. The van der Waals surface area contributed by atoms with Crippen LogP contribution in [0.3, 0.4) is 0 Å². The van der Waals surface area contributed by atoms with Crippen LogP contribution in [-0.4, -0.2) is 40.5 Å². The van der Waals surface area contributed by atoms with Gasteiger partial charge in [0.1, 0.15) is 11.9 Å². The number of amides is 1. The molecule has 0 aromatic heterocycles. The molecule has 0 aliphatic carbocycles. The molecule has 96 valence electrons. The fourth-order valence-corrected chi connectivity index (χ4v) is 2.11. The summed E-state index contributed by atoms with van der Waals surface area (Å²) >= 11 is 0. The molecule has 1 aromatic rings. The highest BCUT2D eigenvalue weighted by Gasteiger charge is 2.38. The van der Waals surface area contributed by atoms with E-state index >= 15 is 0 Å². The predicted molar refractivity (Wildman–Crippen MR) is 61.5 cm³/mol. The van der Waals surface area contributed by atoms with E-state index in [4.69, 9.17) is 10.8 Å². The van der Waals surface area contributed by atoms with Crippen molar-refractivity contribution in [2.24, 2.45) is 5.73 Å². The van der Waals surface area contributed by atoms with Gasteiger partial charge in [-0.25, -0.2) is 9.18 Å². The number of carboxylic acids is 1. The van der Waals surface area contributed by atoms with E-state index < -0.39 is 23.7 Å². The van der Waals surface area contributed by atoms with Gasteiger partial charge in [-0.2, -0.15) is 0 Å². The first-order chi connectivity index (χ1) is 8.49. The monoisotopic (exact) mass is 252 g/mol. The fourth-order valence-electron chi connectivity index (χ4n) is 2.11. The number of aliphatic carboxylic acids is 1. The Hall–Kier alpha value is -1.95. The van der Waals surface area contributed by atoms with E-state index in [-0.39, 0.29) is 24.6 Å². The SMILES string of the molecule is NC1CC(C(=O)O)N(C(=O)c2cccc(F)c2)C1. The summed E-state index contributed by atoms with van der Waals surface area (Å²) in [6.07, 6.45) is 0.219. The van der Waals surface area contributed by atoms with Crippen molar-refractivity contribution in [1.82, 2.24) is 4.90 Å². The van der Waals surface area contributed by atoms with E-state index in [0.717, 1.165) is 6.07 Å². The first-order valence-electron chi connectivity index (χ1n) is 5.54. The Morgan fingerprint density at radius 3 is 2.78 bits per heavy atom. The molecular formula is C12H13FN2O3. The minimum Gasteiger partial charge on any atom is -0.480 e. The van der Waals surface area contributed by atoms with Gasteiger partial charge in [-0.15, -0.1) is 0 Å². The van der Waals surface area contributed by atoms with E-state index in [1.807, 2.05) is 0 Å². The van der Waals surface area contributed by atoms with Crippen LogP contribution in [0.5, 0.6) is 0 Å². The number of nitrogens with zero attached hydrogens (tertiary/aromatic N) is 1. The number of rotatable bonds is 2. The van der Waals surface area contributed by atoms with Gasteiger partial charge >= 0.3 is 5.97 Å². The molecule has 1 saturated heterocycles. The lowest BCUT2D eigenvalue weighted by Gasteiger charge is -2.21. The Bertz CT molecular complexity index is 492. The molecule has 5 nitrogen and oxygen atoms in total. The number of carbonyl (C=O) groups is 2. The van der Waals surface area contributed by atoms with Gasteiger partial charge in [0.25, 0.3) is 5.91 Å². The maximum absolute atomic E-state index is 13.0. The summed E-state index contributed by atoms with van der Waals surface area (Å²) in [7, 11) is 0. The van der Waals surface area contributed by atoms with Gasteiger partial charge < -0.3 is 15.7 Å². The van der Waals surface area contributed by atoms with Crippen molar-refractivity contribution >= 4 is 11.9 Å². The zero-order chi connectivity index (χ0) is 13.3. The van der Waals surface area contributed by atoms with Gasteiger partial charge in [0.2, 0.25) is 0 Å². The Balaban J connectivity index is 2.25. The van der Waals surface area contributed by atoms with Crippen LogP contribution in [0.15, 0.2) is 24.3 Å². The second-order valence-corrected chi connectivity index (χ2v) is 4.32. The van der Waals surface area contributed by atoms with Crippen molar-refractivity contribution < 1.29 is 19.1 Å². The number of hydrogen-bond acceptors (Lipinski definition) is 3. The number of hydrogen-bond donors (Lipinski definition) is 2. The third-order valence-electron chi connectivity index (χ3n) is 2.95. The lowest BCUT2D eigenvalue weighted by molar-refractivity contribution is -0.141. The minimum atomic E-state index is -1.09. The van der Waals surface area contributed by atoms with Crippen LogP contribution in [0.4, 0.5) is 4.39 Å². The number of likely N-dealkylation sites (tertiary alicyclic amines) is 1. The molecule has 0 radical (unpaired) electrons. The first kappa shape index (κ1) is 12.5. The molecule has 2 atom stereocenters. The summed E-state index contributed by atoms with van der Waals surface area (Å²) in [5.41, 5.74) is 5.80. The maximum atomic E-state index is 13.0. The summed E-state index contributed by atoms with van der Waals surface area (Å²) in [5, 5.41) is 9.03. The average Bonchev–Trinajstić information content (AvgIpc) is 2.70. The van der Waals surface area contributed by atoms with Crippen LogP contribution in [0, 0.1) is 5.82 Å². The van der Waals surface area contributed by atoms with Gasteiger partial charge in [0, 0.05) is 18.2 Å². The molecule has 18 heavy (non-hydrogen) atoms. The van der Waals surface area contributed by atoms with Crippen molar-refractivity contribution in [3.63, 3.8) is 0 Å². The molecule has 0 bridgehead atoms. The highest BCUT2D eigenvalue weighted by Crippen LogP contribution is 2.20. The van der Waals surface area contributed by atoms with Crippen LogP contribution >= 0.6 is 0 Å². The molecule has 1 aromatic carbocycles. The van der Waals surface area contributed by atoms with Gasteiger partial charge in [-0.3, -0.25) is 4.79 Å². The van der Waals surface area contributed by atoms with E-state index in [1.165, 1.54) is 23.1 Å². The molecule has 3 N–H and O–H groups in total. The van der Waals surface area contributed by atoms with Gasteiger partial charge in [-0.1, -0.05) is 6.07 Å². The molecular weight excluding hydrogens is 239 g/mol. The molecule has 6 heteroatoms. The van der Waals surface area contributed by atoms with Crippen LogP contribution in [0.2, 0.25) is 0 Å². The zero-order valence-electron chi connectivity index (χ0n) is 9.54. The Morgan fingerprint density at radius 2 is 2.17 bits per heavy atom. The zero-order valence-corrected chi connectivity index (χ0v) is 9.54. The summed E-state index contributed by atoms with van der Waals surface area (Å²) in [6.45, 7) is 0.173. The molecule has 1 fully saturated rings. The highest BCUT2D eigenvalue weighted by molar-refractivity contribution is 5.97. The van der Waals surface area contributed by atoms with Crippen molar-refractivity contribution in [3.05, 3.63) is 35.6 Å². The number of halogens is 1. The third-order valence-corrected chi connectivity index (χ3v) is 2.95. The van der Waals surface area contributed by atoms with Gasteiger partial charge in [0.15, 0.2) is 0 Å². The van der Waals surface area contributed by atoms with Crippen molar-refractivity contribution in [1.29, 1.82) is 0 Å². The molecule has 0 spiro atoms. The number of carboxylic acid groups (broad SMARTS) is 1. The highest BCUT2D eigenvalue weighted by atomic mass is 19.1. The molecule has 0 saturated carbocycles. The van der Waals surface area contributed by atoms with Crippen LogP contribution in [0.1, 0.15) is 16.8 Å². The van der Waals surface area contributed by atoms with Crippen molar-refractivity contribution in [3.8, 4) is 0 Å². The van der Waals surface area contributed by atoms with E-state index in [1.54, 1.807) is 0 Å². The molecule has 2 unspecified atom stereocenters. The van der Waals surface area contributed by atoms with E-state index in [0.29, 0.717) is 0 Å². The summed E-state index contributed by atoms with van der Waals surface area (Å²) < 4.78 is 13.0. The minimum absolute atomic E-state index is 0.135. The summed E-state index contributed by atoms with van der Waals surface area (Å²) in [5.74, 6) is -2.13. The van der Waals surface area contributed by atoms with Crippen molar-refractivity contribution in [2.45, 2.75) is 18.5 Å². The quantitative estimate of drug-likeness (QED) is 0.800. The molecule has 1 amide bonds. The normalized spacial score (nSPS) is 23.1. The topological polar surface area (TPSA) is 83.6 Å². The molecule has 1 aliphatic heterocycles. The lowest BCUT2D eigenvalue weighted by Crippen LogP contribution is -2.40. The van der Waals surface area contributed by atoms with Crippen LogP contribution in [0.25, 0.3) is 0 Å². The van der Waals surface area contributed by atoms with E-state index in [9.17, 15) is 14.0 Å². The van der Waals surface area contributed by atoms with Crippen molar-refractivity contribution in [2.75, 3.05) is 6.54 Å². The first-order valence-corrected chi connectivity index (χ1v) is 5.54. The summed E-state index contributed by atoms with van der Waals surface area (Å²) in [4.78, 5) is 24.3. The second kappa shape index (κ2) is 4.73. The lowest BCUT2D eigenvalue weighted by atomic mass is 10.1. The summed E-state index contributed by atoms with van der Waals surface area (Å²) in [6, 6.07) is 3.88. The Labute approximate surface area is 103 Å². The molecule has 2 rings (SSSR count). The van der Waals surface area contributed by atoms with Crippen LogP contribution in [-0.2, 0) is 4.79 Å². The number of benzene rings is 1.